The van der Waals surface area contributed by atoms with Gasteiger partial charge in [0.15, 0.2) is 0 Å². The fourth-order valence-corrected chi connectivity index (χ4v) is 5.98. The first kappa shape index (κ1) is 28.5. The van der Waals surface area contributed by atoms with Crippen molar-refractivity contribution in [2.45, 2.75) is 12.8 Å². The summed E-state index contributed by atoms with van der Waals surface area (Å²) < 4.78 is 29.9. The quantitative estimate of drug-likeness (QED) is 0.0859. The summed E-state index contributed by atoms with van der Waals surface area (Å²) in [6, 6.07) is 5.67. The molecule has 0 aromatic heterocycles. The first-order valence-electron chi connectivity index (χ1n) is 10.5. The zero-order valence-electron chi connectivity index (χ0n) is 19.1. The van der Waals surface area contributed by atoms with E-state index >= 15 is 0 Å². The second-order valence-electron chi connectivity index (χ2n) is 7.47. The Morgan fingerprint density at radius 3 is 2.06 bits per heavy atom. The highest BCUT2D eigenvalue weighted by molar-refractivity contribution is 8.77. The summed E-state index contributed by atoms with van der Waals surface area (Å²) in [5, 5.41) is 10.7. The fraction of sp³-hybridized carbons (Fsp3) is 0.571. The van der Waals surface area contributed by atoms with Crippen LogP contribution in [0.2, 0.25) is 0 Å². The predicted molar refractivity (Wildman–Crippen MR) is 126 cm³/mol. The van der Waals surface area contributed by atoms with Crippen LogP contribution in [0.4, 0.5) is 15.3 Å². The number of esters is 1. The van der Waals surface area contributed by atoms with Crippen LogP contribution in [0.3, 0.4) is 0 Å². The SMILES string of the molecule is COCCOC(=O)OCCCOC(=O)OCC1(COC(=O)Cc2ccc([N+](=O)[O-])cc2)CSSC1. The third kappa shape index (κ3) is 11.0. The van der Waals surface area contributed by atoms with Crippen molar-refractivity contribution in [2.75, 3.05) is 58.3 Å². The molecule has 0 amide bonds. The van der Waals surface area contributed by atoms with E-state index in [2.05, 4.69) is 0 Å². The lowest BCUT2D eigenvalue weighted by Crippen LogP contribution is -2.37. The Bertz CT molecular complexity index is 844. The molecule has 1 aromatic rings. The zero-order valence-corrected chi connectivity index (χ0v) is 20.8. The second kappa shape index (κ2) is 15.3. The van der Waals surface area contributed by atoms with Crippen LogP contribution >= 0.6 is 21.6 Å². The maximum Gasteiger partial charge on any atom is 0.508 e. The van der Waals surface area contributed by atoms with Gasteiger partial charge in [-0.3, -0.25) is 14.9 Å². The number of nitro benzene ring substituents is 1. The Hall–Kier alpha value is -2.71. The van der Waals surface area contributed by atoms with E-state index < -0.39 is 28.6 Å². The van der Waals surface area contributed by atoms with E-state index in [9.17, 15) is 24.5 Å². The number of methoxy groups -OCH3 is 1. The van der Waals surface area contributed by atoms with Gasteiger partial charge in [0.1, 0.15) is 19.8 Å². The maximum absolute atomic E-state index is 12.2. The molecule has 0 unspecified atom stereocenters. The van der Waals surface area contributed by atoms with E-state index in [1.165, 1.54) is 31.4 Å². The summed E-state index contributed by atoms with van der Waals surface area (Å²) in [4.78, 5) is 45.6. The van der Waals surface area contributed by atoms with Gasteiger partial charge >= 0.3 is 18.3 Å². The zero-order chi connectivity index (χ0) is 25.5. The van der Waals surface area contributed by atoms with E-state index in [0.717, 1.165) is 0 Å². The molecule has 1 saturated heterocycles. The smallest absolute Gasteiger partial charge is 0.465 e. The Labute approximate surface area is 209 Å². The molecule has 2 rings (SSSR count). The average Bonchev–Trinajstić information content (AvgIpc) is 3.31. The van der Waals surface area contributed by atoms with Gasteiger partial charge in [0.25, 0.3) is 5.69 Å². The van der Waals surface area contributed by atoms with Gasteiger partial charge in [-0.15, -0.1) is 0 Å². The van der Waals surface area contributed by atoms with Gasteiger partial charge in [-0.1, -0.05) is 33.7 Å². The van der Waals surface area contributed by atoms with Gasteiger partial charge in [0, 0.05) is 37.2 Å². The van der Waals surface area contributed by atoms with Crippen LogP contribution in [-0.4, -0.2) is 81.5 Å². The van der Waals surface area contributed by atoms with E-state index in [4.69, 9.17) is 28.4 Å². The van der Waals surface area contributed by atoms with Crippen LogP contribution in [0, 0.1) is 15.5 Å². The lowest BCUT2D eigenvalue weighted by atomic mass is 9.95. The molecule has 1 fully saturated rings. The van der Waals surface area contributed by atoms with Crippen molar-refractivity contribution in [1.29, 1.82) is 0 Å². The molecule has 1 heterocycles. The lowest BCUT2D eigenvalue weighted by molar-refractivity contribution is -0.384. The van der Waals surface area contributed by atoms with Crippen LogP contribution in [0.15, 0.2) is 24.3 Å². The van der Waals surface area contributed by atoms with Crippen molar-refractivity contribution in [3.05, 3.63) is 39.9 Å². The molecular formula is C21H27NO11S2. The Morgan fingerprint density at radius 1 is 0.886 bits per heavy atom. The number of hydrogen-bond acceptors (Lipinski definition) is 13. The number of carbonyl (C=O) groups excluding carboxylic acids is 3. The summed E-state index contributed by atoms with van der Waals surface area (Å²) in [5.41, 5.74) is -0.0101. The van der Waals surface area contributed by atoms with Gasteiger partial charge in [-0.2, -0.15) is 0 Å². The third-order valence-corrected chi connectivity index (χ3v) is 7.41. The van der Waals surface area contributed by atoms with Crippen molar-refractivity contribution in [3.63, 3.8) is 0 Å². The number of carbonyl (C=O) groups is 3. The maximum atomic E-state index is 12.2. The normalized spacial score (nSPS) is 14.1. The Morgan fingerprint density at radius 2 is 1.46 bits per heavy atom. The van der Waals surface area contributed by atoms with Crippen molar-refractivity contribution in [2.24, 2.45) is 5.41 Å². The van der Waals surface area contributed by atoms with Crippen molar-refractivity contribution in [1.82, 2.24) is 0 Å². The molecule has 0 bridgehead atoms. The van der Waals surface area contributed by atoms with Gasteiger partial charge in [-0.25, -0.2) is 9.59 Å². The lowest BCUT2D eigenvalue weighted by Gasteiger charge is -2.26. The molecule has 0 saturated carbocycles. The first-order valence-corrected chi connectivity index (χ1v) is 13.0. The van der Waals surface area contributed by atoms with E-state index in [0.29, 0.717) is 17.1 Å². The number of nitrogens with zero attached hydrogens (tertiary/aromatic N) is 1. The third-order valence-electron chi connectivity index (χ3n) is 4.58. The van der Waals surface area contributed by atoms with Gasteiger partial charge in [0.05, 0.1) is 36.6 Å². The Kier molecular flexibility index (Phi) is 12.5. The van der Waals surface area contributed by atoms with Crippen molar-refractivity contribution in [3.8, 4) is 0 Å². The summed E-state index contributed by atoms with van der Waals surface area (Å²) in [5.74, 6) is 0.757. The largest absolute Gasteiger partial charge is 0.508 e. The summed E-state index contributed by atoms with van der Waals surface area (Å²) in [6.07, 6.45) is -1.46. The highest BCUT2D eigenvalue weighted by Gasteiger charge is 2.38. The summed E-state index contributed by atoms with van der Waals surface area (Å²) in [6.45, 7) is 0.431. The number of nitro groups is 1. The molecule has 1 aliphatic rings. The molecule has 14 heteroatoms. The van der Waals surface area contributed by atoms with Crippen molar-refractivity contribution >= 4 is 45.6 Å². The number of rotatable bonds is 14. The molecule has 35 heavy (non-hydrogen) atoms. The molecule has 194 valence electrons. The number of hydrogen-bond donors (Lipinski definition) is 0. The number of non-ortho nitro benzene ring substituents is 1. The first-order chi connectivity index (χ1) is 16.8. The van der Waals surface area contributed by atoms with Gasteiger partial charge in [-0.05, 0) is 5.56 Å². The van der Waals surface area contributed by atoms with Crippen LogP contribution in [0.5, 0.6) is 0 Å². The second-order valence-corrected chi connectivity index (χ2v) is 9.93. The molecule has 1 aliphatic heterocycles. The molecule has 0 spiro atoms. The minimum absolute atomic E-state index is 0.00902. The summed E-state index contributed by atoms with van der Waals surface area (Å²) >= 11 is 0. The van der Waals surface area contributed by atoms with Crippen LogP contribution in [0.1, 0.15) is 12.0 Å². The number of ether oxygens (including phenoxy) is 6. The standard InChI is InChI=1S/C21H27NO11S2/c1-28-9-10-31-19(24)29-7-2-8-30-20(25)33-13-21(14-34-35-15-21)12-32-18(23)11-16-3-5-17(6-4-16)22(26)27/h3-6H,2,7-15H2,1H3. The topological polar surface area (TPSA) is 150 Å². The Balaban J connectivity index is 1.66. The fourth-order valence-electron chi connectivity index (χ4n) is 2.64. The minimum Gasteiger partial charge on any atom is -0.465 e. The molecule has 12 nitrogen and oxygen atoms in total. The van der Waals surface area contributed by atoms with Gasteiger partial charge < -0.3 is 28.4 Å². The molecule has 1 aromatic carbocycles. The predicted octanol–water partition coefficient (Wildman–Crippen LogP) is 3.40. The van der Waals surface area contributed by atoms with Crippen LogP contribution in [0.25, 0.3) is 0 Å². The average molecular weight is 534 g/mol. The van der Waals surface area contributed by atoms with Crippen LogP contribution < -0.4 is 0 Å². The van der Waals surface area contributed by atoms with E-state index in [-0.39, 0.29) is 58.2 Å². The van der Waals surface area contributed by atoms with E-state index in [1.54, 1.807) is 21.6 Å². The van der Waals surface area contributed by atoms with Crippen LogP contribution in [-0.2, 0) is 39.6 Å². The monoisotopic (exact) mass is 533 g/mol. The van der Waals surface area contributed by atoms with Crippen molar-refractivity contribution < 1.29 is 47.7 Å². The number of benzene rings is 1. The highest BCUT2D eigenvalue weighted by atomic mass is 33.1. The molecule has 0 atom stereocenters. The minimum atomic E-state index is -0.869. The molecule has 0 N–H and O–H groups in total. The molecule has 0 aliphatic carbocycles. The van der Waals surface area contributed by atoms with Gasteiger partial charge in [0.2, 0.25) is 0 Å². The molecule has 0 radical (unpaired) electrons. The summed E-state index contributed by atoms with van der Waals surface area (Å²) in [7, 11) is 4.66. The van der Waals surface area contributed by atoms with E-state index in [1.807, 2.05) is 0 Å². The highest BCUT2D eigenvalue weighted by Crippen LogP contribution is 2.43. The molecular weight excluding hydrogens is 506 g/mol.